The predicted octanol–water partition coefficient (Wildman–Crippen LogP) is 4.96. The van der Waals surface area contributed by atoms with Crippen molar-refractivity contribution in [3.63, 3.8) is 0 Å². The molecule has 190 valence electrons. The van der Waals surface area contributed by atoms with Crippen LogP contribution in [-0.4, -0.2) is 28.9 Å². The summed E-state index contributed by atoms with van der Waals surface area (Å²) in [5.74, 6) is -2.06. The van der Waals surface area contributed by atoms with Gasteiger partial charge in [0.05, 0.1) is 22.1 Å². The minimum atomic E-state index is -4.43. The summed E-state index contributed by atoms with van der Waals surface area (Å²) in [5.41, 5.74) is 9.93. The van der Waals surface area contributed by atoms with Crippen LogP contribution < -0.4 is 10.5 Å². The fourth-order valence-corrected chi connectivity index (χ4v) is 6.28. The van der Waals surface area contributed by atoms with Gasteiger partial charge in [-0.1, -0.05) is 23.7 Å². The molecule has 1 atom stereocenters. The largest absolute Gasteiger partial charge is 0.368 e. The van der Waals surface area contributed by atoms with Crippen molar-refractivity contribution in [3.8, 4) is 22.4 Å². The van der Waals surface area contributed by atoms with Crippen molar-refractivity contribution in [2.75, 3.05) is 16.7 Å². The lowest BCUT2D eigenvalue weighted by Crippen LogP contribution is -2.16. The zero-order valence-corrected chi connectivity index (χ0v) is 21.6. The maximum atomic E-state index is 14.2. The van der Waals surface area contributed by atoms with Crippen LogP contribution in [-0.2, 0) is 33.7 Å². The minimum Gasteiger partial charge on any atom is -0.368 e. The first-order valence-corrected chi connectivity index (χ1v) is 14.4. The number of nitrogens with zero attached hydrogens (tertiary/aromatic N) is 2. The van der Waals surface area contributed by atoms with Crippen molar-refractivity contribution in [2.45, 2.75) is 22.6 Å². The Kier molecular flexibility index (Phi) is 6.47. The SMILES string of the molecule is CS(=O)c1cccc(-c2nc(N)nc3c2-c2cc(NS(=O)(=O)c4ccc(F)cc4F)c(Cl)cc2CC3)c1. The van der Waals surface area contributed by atoms with Crippen LogP contribution in [0.2, 0.25) is 5.02 Å². The number of rotatable bonds is 5. The third kappa shape index (κ3) is 4.81. The summed E-state index contributed by atoms with van der Waals surface area (Å²) in [5, 5.41) is 0.106. The van der Waals surface area contributed by atoms with E-state index in [1.165, 1.54) is 0 Å². The number of nitrogens with one attached hydrogen (secondary N) is 1. The Morgan fingerprint density at radius 2 is 1.84 bits per heavy atom. The number of nitrogen functional groups attached to an aromatic ring is 1. The van der Waals surface area contributed by atoms with Gasteiger partial charge in [-0.3, -0.25) is 8.93 Å². The lowest BCUT2D eigenvalue weighted by atomic mass is 9.86. The van der Waals surface area contributed by atoms with Gasteiger partial charge >= 0.3 is 0 Å². The molecular weight excluding hydrogens is 542 g/mol. The lowest BCUT2D eigenvalue weighted by Gasteiger charge is -2.23. The topological polar surface area (TPSA) is 115 Å². The van der Waals surface area contributed by atoms with Gasteiger partial charge in [-0.25, -0.2) is 27.2 Å². The molecule has 1 aromatic heterocycles. The smallest absolute Gasteiger partial charge is 0.264 e. The molecule has 1 aliphatic carbocycles. The second kappa shape index (κ2) is 9.47. The fourth-order valence-electron chi connectivity index (χ4n) is 4.30. The molecule has 0 aliphatic heterocycles. The molecule has 0 amide bonds. The van der Waals surface area contributed by atoms with Crippen LogP contribution in [0, 0.1) is 11.6 Å². The lowest BCUT2D eigenvalue weighted by molar-refractivity contribution is 0.551. The van der Waals surface area contributed by atoms with E-state index < -0.39 is 37.4 Å². The van der Waals surface area contributed by atoms with E-state index in [4.69, 9.17) is 17.3 Å². The first-order chi connectivity index (χ1) is 17.5. The molecule has 0 spiro atoms. The molecule has 0 saturated carbocycles. The molecule has 3 aromatic carbocycles. The Bertz CT molecular complexity index is 1710. The number of halogens is 3. The van der Waals surface area contributed by atoms with Crippen molar-refractivity contribution in [2.24, 2.45) is 0 Å². The molecule has 12 heteroatoms. The van der Waals surface area contributed by atoms with Crippen LogP contribution in [0.25, 0.3) is 22.4 Å². The number of aryl methyl sites for hydroxylation is 2. The average Bonchev–Trinajstić information content (AvgIpc) is 2.83. The molecule has 0 fully saturated rings. The quantitative estimate of drug-likeness (QED) is 0.356. The van der Waals surface area contributed by atoms with E-state index >= 15 is 0 Å². The second-order valence-corrected chi connectivity index (χ2v) is 11.8. The van der Waals surface area contributed by atoms with Gasteiger partial charge in [0.1, 0.15) is 16.5 Å². The van der Waals surface area contributed by atoms with Gasteiger partial charge in [0.15, 0.2) is 0 Å². The highest BCUT2D eigenvalue weighted by molar-refractivity contribution is 7.92. The number of sulfonamides is 1. The third-order valence-electron chi connectivity index (χ3n) is 5.96. The molecule has 0 bridgehead atoms. The van der Waals surface area contributed by atoms with Crippen molar-refractivity contribution in [1.29, 1.82) is 0 Å². The van der Waals surface area contributed by atoms with Gasteiger partial charge in [-0.05, 0) is 60.4 Å². The number of nitrogens with two attached hydrogens (primary N) is 1. The highest BCUT2D eigenvalue weighted by Crippen LogP contribution is 2.43. The summed E-state index contributed by atoms with van der Waals surface area (Å²) in [6.07, 6.45) is 2.68. The Morgan fingerprint density at radius 1 is 1.05 bits per heavy atom. The molecule has 1 heterocycles. The average molecular weight is 561 g/mol. The molecule has 3 N–H and O–H groups in total. The summed E-state index contributed by atoms with van der Waals surface area (Å²) in [4.78, 5) is 8.75. The van der Waals surface area contributed by atoms with Crippen molar-refractivity contribution < 1.29 is 21.4 Å². The van der Waals surface area contributed by atoms with Gasteiger partial charge in [0, 0.05) is 39.1 Å². The zero-order valence-electron chi connectivity index (χ0n) is 19.3. The van der Waals surface area contributed by atoms with Crippen LogP contribution >= 0.6 is 11.6 Å². The number of aromatic nitrogens is 2. The van der Waals surface area contributed by atoms with E-state index in [-0.39, 0.29) is 16.7 Å². The number of hydrogen-bond acceptors (Lipinski definition) is 6. The molecule has 37 heavy (non-hydrogen) atoms. The van der Waals surface area contributed by atoms with Crippen LogP contribution in [0.3, 0.4) is 0 Å². The van der Waals surface area contributed by atoms with Gasteiger partial charge in [-0.15, -0.1) is 0 Å². The summed E-state index contributed by atoms with van der Waals surface area (Å²) in [6.45, 7) is 0. The maximum absolute atomic E-state index is 14.2. The van der Waals surface area contributed by atoms with Crippen molar-refractivity contribution in [3.05, 3.63) is 82.5 Å². The number of hydrogen-bond donors (Lipinski definition) is 2. The summed E-state index contributed by atoms with van der Waals surface area (Å²) >= 11 is 6.42. The first kappa shape index (κ1) is 25.2. The molecule has 0 saturated heterocycles. The summed E-state index contributed by atoms with van der Waals surface area (Å²) in [6, 6.07) is 12.4. The van der Waals surface area contributed by atoms with Gasteiger partial charge in [-0.2, -0.15) is 0 Å². The molecular formula is C25H19ClF2N4O3S2. The van der Waals surface area contributed by atoms with E-state index in [1.54, 1.807) is 36.6 Å². The van der Waals surface area contributed by atoms with E-state index in [0.29, 0.717) is 51.9 Å². The highest BCUT2D eigenvalue weighted by Gasteiger charge is 2.27. The molecule has 7 nitrogen and oxygen atoms in total. The normalized spacial score (nSPS) is 13.5. The maximum Gasteiger partial charge on any atom is 0.264 e. The van der Waals surface area contributed by atoms with Crippen LogP contribution in [0.5, 0.6) is 0 Å². The highest BCUT2D eigenvalue weighted by atomic mass is 35.5. The number of anilines is 2. The van der Waals surface area contributed by atoms with Crippen LogP contribution in [0.4, 0.5) is 20.4 Å². The standard InChI is InChI=1S/C25H19ClF2N4O3S2/c1-36(33)16-4-2-3-14(9-16)24-23-17-12-21(32-37(34,35)22-8-6-15(27)11-19(22)28)18(26)10-13(17)5-7-20(23)30-25(29)31-24/h2-4,6,8-12,32H,5,7H2,1H3,(H2,29,30,31). The fraction of sp³-hybridized carbons (Fsp3) is 0.120. The van der Waals surface area contributed by atoms with E-state index in [9.17, 15) is 21.4 Å². The van der Waals surface area contributed by atoms with E-state index in [2.05, 4.69) is 14.7 Å². The van der Waals surface area contributed by atoms with Crippen LogP contribution in [0.1, 0.15) is 11.3 Å². The van der Waals surface area contributed by atoms with Gasteiger partial charge in [0.2, 0.25) is 5.95 Å². The summed E-state index contributed by atoms with van der Waals surface area (Å²) < 4.78 is 67.8. The molecule has 1 aliphatic rings. The molecule has 0 radical (unpaired) electrons. The summed E-state index contributed by atoms with van der Waals surface area (Å²) in [7, 11) is -5.66. The zero-order chi connectivity index (χ0) is 26.5. The number of fused-ring (bicyclic) bond motifs is 3. The van der Waals surface area contributed by atoms with Gasteiger partial charge < -0.3 is 5.73 Å². The minimum absolute atomic E-state index is 0.00294. The Morgan fingerprint density at radius 3 is 2.57 bits per heavy atom. The van der Waals surface area contributed by atoms with Gasteiger partial charge in [0.25, 0.3) is 10.0 Å². The van der Waals surface area contributed by atoms with Crippen LogP contribution in [0.15, 0.2) is 64.4 Å². The monoisotopic (exact) mass is 560 g/mol. The van der Waals surface area contributed by atoms with E-state index in [1.807, 2.05) is 6.07 Å². The molecule has 4 aromatic rings. The first-order valence-electron chi connectivity index (χ1n) is 10.9. The van der Waals surface area contributed by atoms with Crippen molar-refractivity contribution in [1.82, 2.24) is 9.97 Å². The Balaban J connectivity index is 1.66. The predicted molar refractivity (Wildman–Crippen MR) is 139 cm³/mol. The second-order valence-electron chi connectivity index (χ2n) is 8.40. The third-order valence-corrected chi connectivity index (χ3v) is 8.59. The molecule has 1 unspecified atom stereocenters. The molecule has 5 rings (SSSR count). The number of benzene rings is 3. The van der Waals surface area contributed by atoms with E-state index in [0.717, 1.165) is 17.7 Å². The Labute approximate surface area is 219 Å². The van der Waals surface area contributed by atoms with Crippen molar-refractivity contribution >= 4 is 44.1 Å². The Hall–Kier alpha value is -3.41.